The van der Waals surface area contributed by atoms with Gasteiger partial charge in [0.2, 0.25) is 0 Å². The highest BCUT2D eigenvalue weighted by atomic mass is 35.5. The van der Waals surface area contributed by atoms with Crippen LogP contribution in [0.4, 0.5) is 4.79 Å². The van der Waals surface area contributed by atoms with Crippen molar-refractivity contribution < 1.29 is 14.3 Å². The lowest BCUT2D eigenvalue weighted by Crippen LogP contribution is -2.44. The molecule has 0 bridgehead atoms. The van der Waals surface area contributed by atoms with Crippen molar-refractivity contribution >= 4 is 29.3 Å². The number of amides is 2. The van der Waals surface area contributed by atoms with E-state index < -0.39 is 24.0 Å². The molecule has 0 spiro atoms. The number of ether oxygens (including phenoxy) is 1. The molecule has 2 unspecified atom stereocenters. The quantitative estimate of drug-likeness (QED) is 0.832. The molecule has 7 nitrogen and oxygen atoms in total. The van der Waals surface area contributed by atoms with Gasteiger partial charge >= 0.3 is 12.0 Å². The molecular formula is C18H19ClN4O3. The molecule has 0 fully saturated rings. The summed E-state index contributed by atoms with van der Waals surface area (Å²) in [6.45, 7) is 5.39. The van der Waals surface area contributed by atoms with E-state index in [0.717, 1.165) is 5.69 Å². The van der Waals surface area contributed by atoms with Gasteiger partial charge in [0.25, 0.3) is 0 Å². The van der Waals surface area contributed by atoms with Gasteiger partial charge in [-0.1, -0.05) is 29.8 Å². The van der Waals surface area contributed by atoms with E-state index >= 15 is 0 Å². The standard InChI is InChI=1S/C18H19ClN4O3/c1-4-26-17(24)14-10(2)20-18(25)21-15(14)13-11(3)22-23(16(13)19)12-8-6-5-7-9-12/h5-9,14-15H,4H2,1-3H3,(H,21,25). The van der Waals surface area contributed by atoms with Crippen LogP contribution in [0.5, 0.6) is 0 Å². The molecule has 26 heavy (non-hydrogen) atoms. The van der Waals surface area contributed by atoms with Crippen molar-refractivity contribution in [2.24, 2.45) is 10.9 Å². The lowest BCUT2D eigenvalue weighted by Gasteiger charge is -2.29. The van der Waals surface area contributed by atoms with Gasteiger partial charge in [-0.15, -0.1) is 0 Å². The second-order valence-electron chi connectivity index (χ2n) is 5.95. The van der Waals surface area contributed by atoms with Crippen LogP contribution in [0, 0.1) is 12.8 Å². The first-order valence-electron chi connectivity index (χ1n) is 8.26. The van der Waals surface area contributed by atoms with Crippen LogP contribution in [-0.2, 0) is 9.53 Å². The molecular weight excluding hydrogens is 356 g/mol. The predicted octanol–water partition coefficient (Wildman–Crippen LogP) is 3.24. The third-order valence-corrected chi connectivity index (χ3v) is 4.60. The lowest BCUT2D eigenvalue weighted by atomic mass is 9.88. The van der Waals surface area contributed by atoms with Crippen LogP contribution in [0.25, 0.3) is 5.69 Å². The number of esters is 1. The second kappa shape index (κ2) is 7.29. The molecule has 1 aliphatic rings. The third-order valence-electron chi connectivity index (χ3n) is 4.24. The Morgan fingerprint density at radius 1 is 1.31 bits per heavy atom. The van der Waals surface area contributed by atoms with Crippen LogP contribution in [-0.4, -0.2) is 34.1 Å². The Labute approximate surface area is 156 Å². The second-order valence-corrected chi connectivity index (χ2v) is 6.31. The Bertz CT molecular complexity index is 876. The smallest absolute Gasteiger partial charge is 0.341 e. The zero-order valence-electron chi connectivity index (χ0n) is 14.7. The number of aliphatic imine (C=N–C) groups is 1. The number of aromatic nitrogens is 2. The first-order chi connectivity index (χ1) is 12.4. The summed E-state index contributed by atoms with van der Waals surface area (Å²) in [6.07, 6.45) is 0. The Hall–Kier alpha value is -2.67. The van der Waals surface area contributed by atoms with Crippen LogP contribution in [0.15, 0.2) is 35.3 Å². The summed E-state index contributed by atoms with van der Waals surface area (Å²) in [4.78, 5) is 28.3. The van der Waals surface area contributed by atoms with Crippen molar-refractivity contribution in [3.05, 3.63) is 46.7 Å². The van der Waals surface area contributed by atoms with Crippen LogP contribution in [0.2, 0.25) is 5.15 Å². The number of aryl methyl sites for hydroxylation is 1. The molecule has 2 amide bonds. The van der Waals surface area contributed by atoms with Gasteiger partial charge in [-0.2, -0.15) is 5.10 Å². The van der Waals surface area contributed by atoms with E-state index in [4.69, 9.17) is 16.3 Å². The maximum atomic E-state index is 12.5. The molecule has 0 saturated carbocycles. The summed E-state index contributed by atoms with van der Waals surface area (Å²) in [7, 11) is 0. The molecule has 2 atom stereocenters. The number of carbonyl (C=O) groups is 2. The number of benzene rings is 1. The Balaban J connectivity index is 2.09. The van der Waals surface area contributed by atoms with Crippen molar-refractivity contribution in [3.63, 3.8) is 0 Å². The van der Waals surface area contributed by atoms with Crippen molar-refractivity contribution in [2.45, 2.75) is 26.8 Å². The van der Waals surface area contributed by atoms with E-state index in [-0.39, 0.29) is 6.61 Å². The van der Waals surface area contributed by atoms with E-state index in [2.05, 4.69) is 15.4 Å². The van der Waals surface area contributed by atoms with E-state index in [9.17, 15) is 9.59 Å². The highest BCUT2D eigenvalue weighted by molar-refractivity contribution is 6.31. The first-order valence-corrected chi connectivity index (χ1v) is 8.64. The van der Waals surface area contributed by atoms with Crippen LogP contribution in [0.1, 0.15) is 31.1 Å². The SMILES string of the molecule is CCOC(=O)C1C(C)=NC(=O)NC1c1c(C)nn(-c2ccccc2)c1Cl. The molecule has 136 valence electrons. The summed E-state index contributed by atoms with van der Waals surface area (Å²) in [5.41, 5.74) is 2.37. The van der Waals surface area contributed by atoms with E-state index in [1.54, 1.807) is 25.5 Å². The van der Waals surface area contributed by atoms with Crippen molar-refractivity contribution in [1.29, 1.82) is 0 Å². The number of carbonyl (C=O) groups excluding carboxylic acids is 2. The molecule has 1 aromatic carbocycles. The molecule has 1 aliphatic heterocycles. The number of rotatable bonds is 4. The number of nitrogens with one attached hydrogen (secondary N) is 1. The van der Waals surface area contributed by atoms with Crippen molar-refractivity contribution in [2.75, 3.05) is 6.61 Å². The Morgan fingerprint density at radius 3 is 2.65 bits per heavy atom. The maximum Gasteiger partial charge on any atom is 0.341 e. The van der Waals surface area contributed by atoms with E-state index in [1.807, 2.05) is 30.3 Å². The Kier molecular flexibility index (Phi) is 5.08. The number of urea groups is 1. The largest absolute Gasteiger partial charge is 0.465 e. The minimum absolute atomic E-state index is 0.235. The predicted molar refractivity (Wildman–Crippen MR) is 97.8 cm³/mol. The fourth-order valence-corrected chi connectivity index (χ4v) is 3.49. The summed E-state index contributed by atoms with van der Waals surface area (Å²) in [6, 6.07) is 8.19. The normalized spacial score (nSPS) is 19.7. The highest BCUT2D eigenvalue weighted by Gasteiger charge is 2.41. The Morgan fingerprint density at radius 2 is 2.00 bits per heavy atom. The molecule has 1 aromatic heterocycles. The molecule has 2 heterocycles. The monoisotopic (exact) mass is 374 g/mol. The fourth-order valence-electron chi connectivity index (χ4n) is 3.10. The molecule has 2 aromatic rings. The third kappa shape index (κ3) is 3.22. The fraction of sp³-hybridized carbons (Fsp3) is 0.333. The molecule has 0 radical (unpaired) electrons. The maximum absolute atomic E-state index is 12.5. The summed E-state index contributed by atoms with van der Waals surface area (Å²) in [5, 5.41) is 7.56. The van der Waals surface area contributed by atoms with Gasteiger partial charge in [0.15, 0.2) is 0 Å². The molecule has 0 aliphatic carbocycles. The van der Waals surface area contributed by atoms with Gasteiger partial charge < -0.3 is 10.1 Å². The summed E-state index contributed by atoms with van der Waals surface area (Å²) in [5.74, 6) is -1.21. The van der Waals surface area contributed by atoms with E-state index in [0.29, 0.717) is 22.1 Å². The van der Waals surface area contributed by atoms with Gasteiger partial charge in [-0.05, 0) is 32.9 Å². The van der Waals surface area contributed by atoms with Crippen LogP contribution in [0.3, 0.4) is 0 Å². The lowest BCUT2D eigenvalue weighted by molar-refractivity contribution is -0.146. The van der Waals surface area contributed by atoms with Gasteiger partial charge in [0.1, 0.15) is 11.1 Å². The average Bonchev–Trinajstić information content (AvgIpc) is 2.89. The molecule has 3 rings (SSSR count). The van der Waals surface area contributed by atoms with Crippen molar-refractivity contribution in [3.8, 4) is 5.69 Å². The van der Waals surface area contributed by atoms with E-state index in [1.165, 1.54) is 0 Å². The zero-order valence-corrected chi connectivity index (χ0v) is 15.4. The van der Waals surface area contributed by atoms with Gasteiger partial charge in [0.05, 0.1) is 24.0 Å². The molecule has 1 N–H and O–H groups in total. The van der Waals surface area contributed by atoms with Gasteiger partial charge in [-0.3, -0.25) is 4.79 Å². The van der Waals surface area contributed by atoms with Crippen LogP contribution < -0.4 is 5.32 Å². The number of hydrogen-bond donors (Lipinski definition) is 1. The summed E-state index contributed by atoms with van der Waals surface area (Å²) >= 11 is 6.60. The number of para-hydroxylation sites is 1. The number of hydrogen-bond acceptors (Lipinski definition) is 4. The minimum Gasteiger partial charge on any atom is -0.465 e. The summed E-state index contributed by atoms with van der Waals surface area (Å²) < 4.78 is 6.75. The van der Waals surface area contributed by atoms with Gasteiger partial charge in [0, 0.05) is 11.3 Å². The van der Waals surface area contributed by atoms with Crippen molar-refractivity contribution in [1.82, 2.24) is 15.1 Å². The minimum atomic E-state index is -0.753. The van der Waals surface area contributed by atoms with Gasteiger partial charge in [-0.25, -0.2) is 14.5 Å². The highest BCUT2D eigenvalue weighted by Crippen LogP contribution is 2.35. The molecule has 0 saturated heterocycles. The first kappa shape index (κ1) is 18.1. The number of nitrogens with zero attached hydrogens (tertiary/aromatic N) is 3. The molecule has 8 heteroatoms. The topological polar surface area (TPSA) is 85.6 Å². The zero-order chi connectivity index (χ0) is 18.8. The average molecular weight is 375 g/mol. The van der Waals surface area contributed by atoms with Crippen LogP contribution >= 0.6 is 11.6 Å². The number of halogens is 1.